The number of nitrogens with zero attached hydrogens (tertiary/aromatic N) is 9. The van der Waals surface area contributed by atoms with Crippen LogP contribution >= 0.6 is 23.6 Å². The molecule has 6 aromatic rings. The normalized spacial score (nSPS) is 16.8. The van der Waals surface area contributed by atoms with Gasteiger partial charge in [0, 0.05) is 37.7 Å². The summed E-state index contributed by atoms with van der Waals surface area (Å²) in [4.78, 5) is 67.5. The van der Waals surface area contributed by atoms with Crippen LogP contribution in [0.5, 0.6) is 5.75 Å². The van der Waals surface area contributed by atoms with Crippen LogP contribution in [0.4, 0.5) is 37.7 Å². The highest BCUT2D eigenvalue weighted by atomic mass is 32.1. The van der Waals surface area contributed by atoms with Gasteiger partial charge in [0.15, 0.2) is 28.3 Å². The molecule has 2 fully saturated rings. The van der Waals surface area contributed by atoms with E-state index in [1.165, 1.54) is 36.7 Å². The molecule has 0 unspecified atom stereocenters. The minimum absolute atomic E-state index is 0.00768. The number of ether oxygens (including phenoxy) is 1. The molecular weight excluding hydrogens is 1060 g/mol. The summed E-state index contributed by atoms with van der Waals surface area (Å²) in [6.45, 7) is 12.9. The van der Waals surface area contributed by atoms with Crippen LogP contribution in [0.25, 0.3) is 21.7 Å². The molecule has 3 aromatic carbocycles. The third kappa shape index (κ3) is 11.7. The van der Waals surface area contributed by atoms with E-state index in [0.717, 1.165) is 57.1 Å². The van der Waals surface area contributed by atoms with Crippen molar-refractivity contribution in [2.45, 2.75) is 111 Å². The maximum absolute atomic E-state index is 15.8. The van der Waals surface area contributed by atoms with Crippen LogP contribution in [0.1, 0.15) is 88.9 Å². The molecule has 3 atom stereocenters. The van der Waals surface area contributed by atoms with Crippen molar-refractivity contribution in [2.24, 2.45) is 11.3 Å². The SMILES string of the molecule is Cc1ncsc1-c1ccc(CNC(=O)[C@@H]2C[C@@H](C)CN2C(=O)[C@@H](NC(=O)CCCn2cc(COc3ccc(-c4ncc(N5C(=S)N(c6ccc(C#N)c(C(F)(F)F)c6F)C(=O)C5(C)C)cc4F)cc3F)nn2)C(C)(C)C)cc1. The van der Waals surface area contributed by atoms with E-state index in [9.17, 15) is 37.6 Å². The summed E-state index contributed by atoms with van der Waals surface area (Å²) in [5.74, 6) is -5.82. The number of anilines is 2. The highest BCUT2D eigenvalue weighted by Gasteiger charge is 2.52. The summed E-state index contributed by atoms with van der Waals surface area (Å²) >= 11 is 7.00. The van der Waals surface area contributed by atoms with Crippen LogP contribution < -0.4 is 25.2 Å². The van der Waals surface area contributed by atoms with Crippen molar-refractivity contribution in [1.82, 2.24) is 40.5 Å². The number of hydrogen-bond acceptors (Lipinski definition) is 12. The zero-order chi connectivity index (χ0) is 56.6. The third-order valence-corrected chi connectivity index (χ3v) is 14.8. The number of nitriles is 1. The summed E-state index contributed by atoms with van der Waals surface area (Å²) in [6.07, 6.45) is -1.76. The molecule has 24 heteroatoms. The highest BCUT2D eigenvalue weighted by Crippen LogP contribution is 2.43. The Morgan fingerprint density at radius 2 is 1.72 bits per heavy atom. The molecule has 2 aliphatic rings. The quantitative estimate of drug-likeness (QED) is 0.0691. The smallest absolute Gasteiger partial charge is 0.420 e. The lowest BCUT2D eigenvalue weighted by atomic mass is 9.85. The van der Waals surface area contributed by atoms with Gasteiger partial charge in [0.2, 0.25) is 17.7 Å². The van der Waals surface area contributed by atoms with Crippen molar-refractivity contribution < 1.29 is 50.3 Å². The molecule has 16 nitrogen and oxygen atoms in total. The fourth-order valence-corrected chi connectivity index (χ4v) is 10.7. The third-order valence-electron chi connectivity index (χ3n) is 13.4. The van der Waals surface area contributed by atoms with Crippen LogP contribution in [-0.4, -0.2) is 82.8 Å². The molecular formula is C54H53F6N11O5S2. The second kappa shape index (κ2) is 22.3. The van der Waals surface area contributed by atoms with Crippen LogP contribution in [0, 0.1) is 47.0 Å². The molecule has 5 heterocycles. The minimum Gasteiger partial charge on any atom is -0.484 e. The predicted octanol–water partition coefficient (Wildman–Crippen LogP) is 9.44. The van der Waals surface area contributed by atoms with Crippen molar-refractivity contribution in [3.8, 4) is 33.5 Å². The van der Waals surface area contributed by atoms with E-state index in [1.54, 1.807) is 27.9 Å². The summed E-state index contributed by atoms with van der Waals surface area (Å²) in [5.41, 5.74) is -1.51. The first kappa shape index (κ1) is 56.4. The van der Waals surface area contributed by atoms with Gasteiger partial charge in [-0.05, 0) is 98.6 Å². The van der Waals surface area contributed by atoms with Gasteiger partial charge in [-0.15, -0.1) is 16.4 Å². The van der Waals surface area contributed by atoms with Gasteiger partial charge in [-0.1, -0.05) is 57.2 Å². The summed E-state index contributed by atoms with van der Waals surface area (Å²) in [7, 11) is 0. The average Bonchev–Trinajstić information content (AvgIpc) is 4.36. The van der Waals surface area contributed by atoms with Gasteiger partial charge in [-0.25, -0.2) is 18.2 Å². The van der Waals surface area contributed by atoms with Crippen molar-refractivity contribution in [1.29, 1.82) is 5.26 Å². The number of thiazole rings is 1. The van der Waals surface area contributed by atoms with Gasteiger partial charge >= 0.3 is 6.18 Å². The lowest BCUT2D eigenvalue weighted by molar-refractivity contribution is -0.144. The van der Waals surface area contributed by atoms with E-state index < -0.39 is 74.5 Å². The molecule has 3 aromatic heterocycles. The number of likely N-dealkylation sites (tertiary alicyclic amines) is 1. The molecule has 0 bridgehead atoms. The lowest BCUT2D eigenvalue weighted by Gasteiger charge is -2.35. The standard InChI is InChI=1S/C54H53F6N11O5S2/c1-29-19-40(48(73)63-23-31-10-12-32(13-11-31)46-30(2)64-28-78-46)69(25-29)49(74)47(52(3,4)5)65-42(72)9-8-18-68-26-35(66-67-68)27-76-41-17-15-33(20-37(41)55)45-38(56)21-36(24-62-45)71-51(77)70(50(75)53(71,6)7)39-16-14-34(22-61)43(44(39)57)54(58,59)60/h10-17,20-21,24,26,28-29,40,47H,8-9,18-19,23,25,27H2,1-7H3,(H,63,73)(H,65,72)/t29-,40+,47-/m1/s1. The van der Waals surface area contributed by atoms with E-state index in [4.69, 9.17) is 17.0 Å². The van der Waals surface area contributed by atoms with Crippen LogP contribution in [0.3, 0.4) is 0 Å². The Labute approximate surface area is 454 Å². The molecule has 2 N–H and O–H groups in total. The molecule has 4 amide bonds. The zero-order valence-corrected chi connectivity index (χ0v) is 45.0. The Balaban J connectivity index is 0.831. The van der Waals surface area contributed by atoms with Gasteiger partial charge in [0.05, 0.1) is 51.5 Å². The Bertz CT molecular complexity index is 3350. The van der Waals surface area contributed by atoms with Gasteiger partial charge in [-0.3, -0.25) is 33.7 Å². The topological polar surface area (TPSA) is 192 Å². The second-order valence-electron chi connectivity index (χ2n) is 20.7. The van der Waals surface area contributed by atoms with E-state index in [1.807, 2.05) is 58.9 Å². The molecule has 78 heavy (non-hydrogen) atoms. The van der Waals surface area contributed by atoms with Crippen molar-refractivity contribution in [2.75, 3.05) is 16.3 Å². The number of rotatable bonds is 16. The van der Waals surface area contributed by atoms with Crippen LogP contribution in [-0.2, 0) is 45.1 Å². The van der Waals surface area contributed by atoms with Crippen molar-refractivity contribution in [3.05, 3.63) is 124 Å². The number of thiocarbonyl (C=S) groups is 1. The Hall–Kier alpha value is -7.78. The number of carbonyl (C=O) groups is 4. The average molecular weight is 1110 g/mol. The van der Waals surface area contributed by atoms with E-state index in [0.29, 0.717) is 30.0 Å². The lowest BCUT2D eigenvalue weighted by Crippen LogP contribution is -2.57. The molecule has 0 saturated carbocycles. The van der Waals surface area contributed by atoms with Crippen molar-refractivity contribution >= 4 is 63.7 Å². The molecule has 0 spiro atoms. The van der Waals surface area contributed by atoms with E-state index in [-0.39, 0.29) is 72.5 Å². The number of aryl methyl sites for hydroxylation is 2. The van der Waals surface area contributed by atoms with Gasteiger partial charge in [0.25, 0.3) is 5.91 Å². The number of amides is 4. The first-order valence-corrected chi connectivity index (χ1v) is 25.9. The molecule has 408 valence electrons. The van der Waals surface area contributed by atoms with Gasteiger partial charge in [0.1, 0.15) is 41.2 Å². The van der Waals surface area contributed by atoms with Crippen molar-refractivity contribution in [3.63, 3.8) is 0 Å². The summed E-state index contributed by atoms with van der Waals surface area (Å²) in [5, 5.41) is 22.8. The highest BCUT2D eigenvalue weighted by molar-refractivity contribution is 7.81. The first-order valence-electron chi connectivity index (χ1n) is 24.6. The van der Waals surface area contributed by atoms with Crippen LogP contribution in [0.2, 0.25) is 0 Å². The Morgan fingerprint density at radius 1 is 1.00 bits per heavy atom. The number of alkyl halides is 3. The monoisotopic (exact) mass is 1110 g/mol. The molecule has 0 aliphatic carbocycles. The fraction of sp³-hybridized carbons (Fsp3) is 0.370. The van der Waals surface area contributed by atoms with E-state index >= 15 is 13.2 Å². The summed E-state index contributed by atoms with van der Waals surface area (Å²) in [6, 6.07) is 13.6. The summed E-state index contributed by atoms with van der Waals surface area (Å²) < 4.78 is 95.3. The fourth-order valence-electron chi connectivity index (χ4n) is 9.39. The second-order valence-corrected chi connectivity index (χ2v) is 21.9. The zero-order valence-electron chi connectivity index (χ0n) is 43.3. The number of carbonyl (C=O) groups excluding carboxylic acids is 4. The maximum atomic E-state index is 15.8. The van der Waals surface area contributed by atoms with Crippen LogP contribution in [0.15, 0.2) is 78.6 Å². The molecule has 2 aliphatic heterocycles. The number of nitrogens with one attached hydrogen (secondary N) is 2. The molecule has 8 rings (SSSR count). The number of pyridine rings is 1. The Morgan fingerprint density at radius 3 is 2.36 bits per heavy atom. The maximum Gasteiger partial charge on any atom is 0.420 e. The minimum atomic E-state index is -5.28. The predicted molar refractivity (Wildman–Crippen MR) is 281 cm³/mol. The number of benzene rings is 3. The molecule has 0 radical (unpaired) electrons. The van der Waals surface area contributed by atoms with Gasteiger partial charge < -0.3 is 25.2 Å². The Kier molecular flexibility index (Phi) is 16.1. The largest absolute Gasteiger partial charge is 0.484 e. The first-order chi connectivity index (χ1) is 36.8. The van der Waals surface area contributed by atoms with Gasteiger partial charge in [-0.2, -0.15) is 18.4 Å². The molecule has 2 saturated heterocycles. The number of hydrogen-bond donors (Lipinski definition) is 2. The van der Waals surface area contributed by atoms with E-state index in [2.05, 4.69) is 30.9 Å². The number of aromatic nitrogens is 5. The number of halogens is 6.